The summed E-state index contributed by atoms with van der Waals surface area (Å²) < 4.78 is 0. The van der Waals surface area contributed by atoms with Crippen LogP contribution in [0, 0.1) is 6.07 Å². The Labute approximate surface area is 84.9 Å². The fourth-order valence-electron chi connectivity index (χ4n) is 0.526. The van der Waals surface area contributed by atoms with Crippen molar-refractivity contribution in [3.8, 4) is 0 Å². The third-order valence-electron chi connectivity index (χ3n) is 0.895. The van der Waals surface area contributed by atoms with Crippen LogP contribution >= 0.6 is 0 Å². The summed E-state index contributed by atoms with van der Waals surface area (Å²) in [6.07, 6.45) is 1.55. The number of benzene rings is 1. The minimum Gasteiger partial charge on any atom is -0.511 e. The molecule has 1 amide bonds. The molecule has 0 bridgehead atoms. The summed E-state index contributed by atoms with van der Waals surface area (Å²) in [4.78, 5) is 9.72. The molecular weight excluding hydrogens is 203 g/mol. The van der Waals surface area contributed by atoms with Gasteiger partial charge in [-0.15, -0.1) is 0 Å². The van der Waals surface area contributed by atoms with Gasteiger partial charge >= 0.3 is 0 Å². The van der Waals surface area contributed by atoms with Crippen molar-refractivity contribution < 1.29 is 37.5 Å². The van der Waals surface area contributed by atoms with Crippen LogP contribution in [0.15, 0.2) is 24.3 Å². The Morgan fingerprint density at radius 1 is 1.50 bits per heavy atom. The van der Waals surface area contributed by atoms with E-state index in [0.717, 1.165) is 0 Å². The van der Waals surface area contributed by atoms with Crippen LogP contribution in [-0.4, -0.2) is 6.41 Å². The van der Waals surface area contributed by atoms with E-state index in [-0.39, 0.29) is 32.7 Å². The minimum atomic E-state index is 0. The van der Waals surface area contributed by atoms with Crippen LogP contribution in [0.1, 0.15) is 0 Å². The zero-order valence-electron chi connectivity index (χ0n) is 5.29. The molecule has 0 fully saturated rings. The smallest absolute Gasteiger partial charge is 0.0677 e. The fourth-order valence-corrected chi connectivity index (χ4v) is 0.526. The summed E-state index contributed by atoms with van der Waals surface area (Å²) in [5, 5.41) is 2.35. The molecule has 1 N–H and O–H groups in total. The summed E-state index contributed by atoms with van der Waals surface area (Å²) in [7, 11) is 0. The van der Waals surface area contributed by atoms with Gasteiger partial charge in [-0.2, -0.15) is 18.2 Å². The van der Waals surface area contributed by atoms with Crippen molar-refractivity contribution in [1.82, 2.24) is 0 Å². The molecule has 1 rings (SSSR count). The Morgan fingerprint density at radius 3 is 2.80 bits per heavy atom. The zero-order valence-corrected chi connectivity index (χ0v) is 8.13. The number of amides is 1. The molecule has 0 aliphatic heterocycles. The first kappa shape index (κ1) is 9.79. The van der Waals surface area contributed by atoms with Crippen molar-refractivity contribution in [2.24, 2.45) is 0 Å². The molecular formula is C7H5NOY-2. The zero-order chi connectivity index (χ0) is 6.53. The molecule has 0 aliphatic carbocycles. The summed E-state index contributed by atoms with van der Waals surface area (Å²) in [6, 6.07) is 9.90. The number of nitrogens with one attached hydrogen (secondary N) is 1. The first-order chi connectivity index (χ1) is 4.43. The summed E-state index contributed by atoms with van der Waals surface area (Å²) >= 11 is 0. The second kappa shape index (κ2) is 5.57. The van der Waals surface area contributed by atoms with Crippen LogP contribution in [0.25, 0.3) is 0 Å². The predicted molar refractivity (Wildman–Crippen MR) is 34.6 cm³/mol. The van der Waals surface area contributed by atoms with Crippen molar-refractivity contribution in [1.29, 1.82) is 0 Å². The quantitative estimate of drug-likeness (QED) is 0.569. The van der Waals surface area contributed by atoms with Crippen molar-refractivity contribution in [2.45, 2.75) is 0 Å². The van der Waals surface area contributed by atoms with Gasteiger partial charge in [-0.25, -0.2) is 11.8 Å². The standard InChI is InChI=1S/C7H5NO.Y/c9-6-8-7-4-2-1-3-5-7;/h1-4H,(H,8,9);/q-2;. The fraction of sp³-hybridized carbons (Fsp3) is 0. The minimum absolute atomic E-state index is 0. The molecule has 1 radical (unpaired) electrons. The molecule has 2 nitrogen and oxygen atoms in total. The molecule has 1 aromatic carbocycles. The SMILES string of the molecule is O=[C-]Nc1[c-]cccc1.[Y]. The first-order valence-corrected chi connectivity index (χ1v) is 2.53. The Bertz CT molecular complexity index is 188. The van der Waals surface area contributed by atoms with Gasteiger partial charge in [0.25, 0.3) is 0 Å². The van der Waals surface area contributed by atoms with Gasteiger partial charge in [0.05, 0.1) is 6.41 Å². The van der Waals surface area contributed by atoms with E-state index in [9.17, 15) is 4.79 Å². The maximum atomic E-state index is 9.72. The maximum Gasteiger partial charge on any atom is 0.0677 e. The first-order valence-electron chi connectivity index (χ1n) is 2.53. The molecule has 0 aliphatic rings. The van der Waals surface area contributed by atoms with Gasteiger partial charge in [-0.05, 0) is 0 Å². The van der Waals surface area contributed by atoms with E-state index in [1.807, 2.05) is 12.1 Å². The molecule has 10 heavy (non-hydrogen) atoms. The van der Waals surface area contributed by atoms with Crippen LogP contribution < -0.4 is 5.32 Å². The van der Waals surface area contributed by atoms with Crippen molar-refractivity contribution >= 4 is 12.1 Å². The van der Waals surface area contributed by atoms with Crippen LogP contribution in [0.5, 0.6) is 0 Å². The second-order valence-corrected chi connectivity index (χ2v) is 1.50. The van der Waals surface area contributed by atoms with E-state index in [2.05, 4.69) is 11.4 Å². The molecule has 0 saturated heterocycles. The summed E-state index contributed by atoms with van der Waals surface area (Å²) in [5.41, 5.74) is 0.646. The van der Waals surface area contributed by atoms with Gasteiger partial charge in [-0.3, -0.25) is 6.07 Å². The third kappa shape index (κ3) is 3.09. The molecule has 0 spiro atoms. The number of rotatable bonds is 2. The van der Waals surface area contributed by atoms with Gasteiger partial charge in [0.1, 0.15) is 0 Å². The molecule has 1 aromatic rings. The van der Waals surface area contributed by atoms with Crippen LogP contribution in [0.2, 0.25) is 0 Å². The van der Waals surface area contributed by atoms with Gasteiger partial charge < -0.3 is 10.1 Å². The van der Waals surface area contributed by atoms with E-state index in [1.54, 1.807) is 18.5 Å². The van der Waals surface area contributed by atoms with Gasteiger partial charge in [0, 0.05) is 32.7 Å². The average Bonchev–Trinajstić information content (AvgIpc) is 1.91. The monoisotopic (exact) mass is 208 g/mol. The molecule has 0 saturated carbocycles. The van der Waals surface area contributed by atoms with Crippen molar-refractivity contribution in [3.63, 3.8) is 0 Å². The number of hydrogen-bond acceptors (Lipinski definition) is 1. The molecule has 0 atom stereocenters. The molecule has 0 aromatic heterocycles. The van der Waals surface area contributed by atoms with Gasteiger partial charge in [0.15, 0.2) is 0 Å². The Balaban J connectivity index is 0.000000810. The number of hydrogen-bond donors (Lipinski definition) is 1. The normalized spacial score (nSPS) is 7.60. The average molecular weight is 208 g/mol. The molecule has 49 valence electrons. The van der Waals surface area contributed by atoms with Crippen LogP contribution in [0.4, 0.5) is 5.69 Å². The van der Waals surface area contributed by atoms with E-state index in [4.69, 9.17) is 0 Å². The van der Waals surface area contributed by atoms with Gasteiger partial charge in [-0.1, -0.05) is 0 Å². The summed E-state index contributed by atoms with van der Waals surface area (Å²) in [6.45, 7) is 0. The Morgan fingerprint density at radius 2 is 2.30 bits per heavy atom. The molecule has 0 heterocycles. The van der Waals surface area contributed by atoms with Gasteiger partial charge in [0.2, 0.25) is 0 Å². The van der Waals surface area contributed by atoms with Crippen molar-refractivity contribution in [3.05, 3.63) is 30.3 Å². The second-order valence-electron chi connectivity index (χ2n) is 1.50. The predicted octanol–water partition coefficient (Wildman–Crippen LogP) is 0.963. The van der Waals surface area contributed by atoms with Crippen LogP contribution in [-0.2, 0) is 37.5 Å². The molecule has 3 heteroatoms. The van der Waals surface area contributed by atoms with E-state index < -0.39 is 0 Å². The van der Waals surface area contributed by atoms with E-state index >= 15 is 0 Å². The van der Waals surface area contributed by atoms with E-state index in [1.165, 1.54) is 0 Å². The third-order valence-corrected chi connectivity index (χ3v) is 0.895. The number of carbonyl (C=O) groups excluding carboxylic acids is 1. The molecule has 0 unspecified atom stereocenters. The van der Waals surface area contributed by atoms with Crippen molar-refractivity contribution in [2.75, 3.05) is 5.32 Å². The summed E-state index contributed by atoms with van der Waals surface area (Å²) in [5.74, 6) is 0. The maximum absolute atomic E-state index is 9.72. The largest absolute Gasteiger partial charge is 0.511 e. The number of para-hydroxylation sites is 1. The Hall–Kier alpha value is -0.206. The topological polar surface area (TPSA) is 29.1 Å². The van der Waals surface area contributed by atoms with Crippen LogP contribution in [0.3, 0.4) is 0 Å². The van der Waals surface area contributed by atoms with E-state index in [0.29, 0.717) is 5.69 Å². The number of anilines is 1. The Kier molecular flexibility index (Phi) is 5.45.